The molecular weight excluding hydrogens is 450 g/mol. The van der Waals surface area contributed by atoms with Gasteiger partial charge in [0.2, 0.25) is 5.95 Å². The largest absolute Gasteiger partial charge is 0.489 e. The second-order valence-corrected chi connectivity index (χ2v) is 9.64. The van der Waals surface area contributed by atoms with Gasteiger partial charge in [-0.1, -0.05) is 19.1 Å². The van der Waals surface area contributed by atoms with E-state index in [1.807, 2.05) is 24.4 Å². The monoisotopic (exact) mass is 479 g/mol. The summed E-state index contributed by atoms with van der Waals surface area (Å²) < 4.78 is 11.7. The molecular formula is C25H29N5O3S. The quantitative estimate of drug-likeness (QED) is 0.451. The topological polar surface area (TPSA) is 80.7 Å². The Kier molecular flexibility index (Phi) is 7.01. The van der Waals surface area contributed by atoms with Crippen LogP contribution in [0.1, 0.15) is 40.9 Å². The minimum Gasteiger partial charge on any atom is -0.489 e. The molecule has 0 radical (unpaired) electrons. The Morgan fingerprint density at radius 3 is 2.76 bits per heavy atom. The van der Waals surface area contributed by atoms with Crippen LogP contribution in [0.15, 0.2) is 48.2 Å². The summed E-state index contributed by atoms with van der Waals surface area (Å²) >= 11 is 1.39. The van der Waals surface area contributed by atoms with Crippen LogP contribution in [0, 0.1) is 0 Å². The first-order chi connectivity index (χ1) is 16.7. The fourth-order valence-electron chi connectivity index (χ4n) is 4.38. The van der Waals surface area contributed by atoms with E-state index in [0.29, 0.717) is 6.42 Å². The second kappa shape index (κ2) is 10.5. The van der Waals surface area contributed by atoms with Gasteiger partial charge in [-0.05, 0) is 29.7 Å². The molecule has 0 spiro atoms. The maximum absolute atomic E-state index is 12.4. The first kappa shape index (κ1) is 22.7. The lowest BCUT2D eigenvalue weighted by molar-refractivity contribution is 0.0979. The molecule has 2 saturated heterocycles. The Morgan fingerprint density at radius 2 is 2.00 bits per heavy atom. The number of rotatable bonds is 8. The van der Waals surface area contributed by atoms with Crippen LogP contribution in [0.25, 0.3) is 0 Å². The zero-order valence-corrected chi connectivity index (χ0v) is 20.1. The number of hydrogen-bond acceptors (Lipinski definition) is 9. The van der Waals surface area contributed by atoms with E-state index in [-0.39, 0.29) is 17.8 Å². The Morgan fingerprint density at radius 1 is 1.18 bits per heavy atom. The third-order valence-corrected chi connectivity index (χ3v) is 7.16. The molecule has 9 heteroatoms. The molecule has 3 aromatic rings. The maximum atomic E-state index is 12.4. The molecule has 5 rings (SSSR count). The van der Waals surface area contributed by atoms with Crippen LogP contribution in [0.2, 0.25) is 0 Å². The van der Waals surface area contributed by atoms with Crippen LogP contribution < -0.4 is 14.5 Å². The number of Topliss-reactive ketones (excluding diaryl/α,β-unsaturated/α-hetero) is 1. The summed E-state index contributed by atoms with van der Waals surface area (Å²) in [5, 5.41) is 0. The Balaban J connectivity index is 1.15. The van der Waals surface area contributed by atoms with Gasteiger partial charge in [-0.2, -0.15) is 4.98 Å². The summed E-state index contributed by atoms with van der Waals surface area (Å²) in [6, 6.07) is 10.1. The molecule has 0 N–H and O–H groups in total. The average Bonchev–Trinajstić information content (AvgIpc) is 3.58. The van der Waals surface area contributed by atoms with Crippen LogP contribution in [0.4, 0.5) is 11.8 Å². The van der Waals surface area contributed by atoms with Crippen molar-refractivity contribution in [2.45, 2.75) is 31.8 Å². The number of benzene rings is 1. The number of carbonyl (C=O) groups excluding carboxylic acids is 1. The molecule has 0 aliphatic carbocycles. The van der Waals surface area contributed by atoms with Crippen molar-refractivity contribution in [1.82, 2.24) is 15.0 Å². The number of morpholine rings is 1. The van der Waals surface area contributed by atoms with E-state index in [0.717, 1.165) is 73.8 Å². The molecule has 2 aliphatic rings. The number of ketones is 1. The average molecular weight is 480 g/mol. The highest BCUT2D eigenvalue weighted by Crippen LogP contribution is 2.27. The number of thiazole rings is 1. The molecule has 2 aromatic heterocycles. The van der Waals surface area contributed by atoms with Crippen LogP contribution in [-0.2, 0) is 4.74 Å². The van der Waals surface area contributed by atoms with Gasteiger partial charge in [0.05, 0.1) is 30.1 Å². The lowest BCUT2D eigenvalue weighted by atomic mass is 9.95. The first-order valence-electron chi connectivity index (χ1n) is 11.7. The van der Waals surface area contributed by atoms with Gasteiger partial charge in [0.15, 0.2) is 5.78 Å². The zero-order valence-electron chi connectivity index (χ0n) is 19.3. The van der Waals surface area contributed by atoms with Crippen molar-refractivity contribution >= 4 is 28.9 Å². The number of aromatic nitrogens is 3. The highest BCUT2D eigenvalue weighted by molar-refractivity contribution is 7.11. The van der Waals surface area contributed by atoms with E-state index in [1.54, 1.807) is 11.7 Å². The van der Waals surface area contributed by atoms with Crippen molar-refractivity contribution in [3.8, 4) is 5.75 Å². The SMILES string of the molecule is C[C@H](CC(=O)c1cncs1)c1ccc(O[C@@H]2CCN(c3nccc(N4CCOCC4)n3)C2)cc1. The van der Waals surface area contributed by atoms with Gasteiger partial charge in [-0.3, -0.25) is 9.78 Å². The van der Waals surface area contributed by atoms with Crippen molar-refractivity contribution in [1.29, 1.82) is 0 Å². The second-order valence-electron chi connectivity index (χ2n) is 8.75. The molecule has 0 bridgehead atoms. The van der Waals surface area contributed by atoms with Crippen LogP contribution in [0.5, 0.6) is 5.75 Å². The fraction of sp³-hybridized carbons (Fsp3) is 0.440. The summed E-state index contributed by atoms with van der Waals surface area (Å²) in [5.74, 6) is 2.84. The number of hydrogen-bond donors (Lipinski definition) is 0. The van der Waals surface area contributed by atoms with Crippen molar-refractivity contribution in [3.05, 3.63) is 58.7 Å². The highest BCUT2D eigenvalue weighted by atomic mass is 32.1. The Labute approximate surface area is 203 Å². The molecule has 2 aliphatic heterocycles. The standard InChI is InChI=1S/C25H29N5O3S/c1-18(14-22(31)23-15-26-17-34-23)19-2-4-20(5-3-19)33-21-7-9-30(16-21)25-27-8-6-24(28-25)29-10-12-32-13-11-29/h2-6,8,15,17-18,21H,7,9-14,16H2,1H3/t18-,21-/m1/s1. The van der Waals surface area contributed by atoms with Gasteiger partial charge < -0.3 is 19.3 Å². The van der Waals surface area contributed by atoms with Crippen LogP contribution >= 0.6 is 11.3 Å². The zero-order chi connectivity index (χ0) is 23.3. The lowest BCUT2D eigenvalue weighted by Gasteiger charge is -2.28. The summed E-state index contributed by atoms with van der Waals surface area (Å²) in [4.78, 5) is 30.8. The highest BCUT2D eigenvalue weighted by Gasteiger charge is 2.26. The van der Waals surface area contributed by atoms with E-state index in [9.17, 15) is 4.79 Å². The molecule has 1 aromatic carbocycles. The number of anilines is 2. The number of carbonyl (C=O) groups is 1. The molecule has 0 unspecified atom stereocenters. The maximum Gasteiger partial charge on any atom is 0.227 e. The molecule has 2 atom stereocenters. The van der Waals surface area contributed by atoms with Gasteiger partial charge in [-0.25, -0.2) is 4.98 Å². The number of nitrogens with zero attached hydrogens (tertiary/aromatic N) is 5. The van der Waals surface area contributed by atoms with E-state index >= 15 is 0 Å². The molecule has 0 amide bonds. The number of ether oxygens (including phenoxy) is 2. The molecule has 0 saturated carbocycles. The first-order valence-corrected chi connectivity index (χ1v) is 12.6. The Hall–Kier alpha value is -3.04. The smallest absolute Gasteiger partial charge is 0.227 e. The normalized spacial score (nSPS) is 19.3. The van der Waals surface area contributed by atoms with E-state index < -0.39 is 0 Å². The molecule has 4 heterocycles. The van der Waals surface area contributed by atoms with Crippen molar-refractivity contribution in [2.24, 2.45) is 0 Å². The Bertz CT molecular complexity index is 1090. The van der Waals surface area contributed by atoms with Gasteiger partial charge in [0.1, 0.15) is 17.7 Å². The third kappa shape index (κ3) is 5.37. The molecule has 2 fully saturated rings. The predicted molar refractivity (Wildman–Crippen MR) is 132 cm³/mol. The van der Waals surface area contributed by atoms with Gasteiger partial charge in [0.25, 0.3) is 0 Å². The summed E-state index contributed by atoms with van der Waals surface area (Å²) in [5.41, 5.74) is 2.83. The predicted octanol–water partition coefficient (Wildman–Crippen LogP) is 3.80. The molecule has 34 heavy (non-hydrogen) atoms. The van der Waals surface area contributed by atoms with Gasteiger partial charge >= 0.3 is 0 Å². The van der Waals surface area contributed by atoms with Crippen molar-refractivity contribution < 1.29 is 14.3 Å². The minimum atomic E-state index is 0.0897. The molecule has 178 valence electrons. The van der Waals surface area contributed by atoms with Crippen molar-refractivity contribution in [2.75, 3.05) is 49.2 Å². The third-order valence-electron chi connectivity index (χ3n) is 6.34. The summed E-state index contributed by atoms with van der Waals surface area (Å²) in [7, 11) is 0. The minimum absolute atomic E-state index is 0.0897. The van der Waals surface area contributed by atoms with E-state index in [4.69, 9.17) is 14.5 Å². The summed E-state index contributed by atoms with van der Waals surface area (Å²) in [6.07, 6.45) is 4.97. The molecule has 8 nitrogen and oxygen atoms in total. The van der Waals surface area contributed by atoms with E-state index in [2.05, 4.69) is 38.8 Å². The van der Waals surface area contributed by atoms with Crippen molar-refractivity contribution in [3.63, 3.8) is 0 Å². The van der Waals surface area contributed by atoms with Crippen LogP contribution in [-0.4, -0.2) is 66.2 Å². The van der Waals surface area contributed by atoms with Gasteiger partial charge in [0, 0.05) is 44.9 Å². The summed E-state index contributed by atoms with van der Waals surface area (Å²) in [6.45, 7) is 6.89. The lowest BCUT2D eigenvalue weighted by Crippen LogP contribution is -2.37. The fourth-order valence-corrected chi connectivity index (χ4v) is 4.96. The van der Waals surface area contributed by atoms with E-state index in [1.165, 1.54) is 11.3 Å². The van der Waals surface area contributed by atoms with Crippen LogP contribution in [0.3, 0.4) is 0 Å². The van der Waals surface area contributed by atoms with Gasteiger partial charge in [-0.15, -0.1) is 11.3 Å².